The van der Waals surface area contributed by atoms with Crippen molar-refractivity contribution in [2.24, 2.45) is 0 Å². The molecule has 0 amide bonds. The van der Waals surface area contributed by atoms with Gasteiger partial charge in [0.05, 0.1) is 5.60 Å². The minimum absolute atomic E-state index is 0.615. The Morgan fingerprint density at radius 3 is 2.24 bits per heavy atom. The zero-order valence-electron chi connectivity index (χ0n) is 11.3. The normalized spacial score (nSPS) is 14.6. The van der Waals surface area contributed by atoms with E-state index in [4.69, 9.17) is 0 Å². The summed E-state index contributed by atoms with van der Waals surface area (Å²) in [6, 6.07) is 8.55. The molecule has 1 rings (SSSR count). The maximum atomic E-state index is 10.3. The Bertz CT molecular complexity index is 316. The first-order valence-corrected chi connectivity index (χ1v) is 6.58. The predicted molar refractivity (Wildman–Crippen MR) is 73.3 cm³/mol. The molecule has 0 saturated carbocycles. The lowest BCUT2D eigenvalue weighted by Crippen LogP contribution is -2.32. The predicted octanol–water partition coefficient (Wildman–Crippen LogP) is 2.54. The van der Waals surface area contributed by atoms with E-state index in [1.807, 2.05) is 6.92 Å². The summed E-state index contributed by atoms with van der Waals surface area (Å²) in [5.41, 5.74) is 1.94. The van der Waals surface area contributed by atoms with Crippen LogP contribution in [0.4, 0.5) is 0 Å². The molecule has 0 bridgehead atoms. The fraction of sp³-hybridized carbons (Fsp3) is 0.600. The van der Waals surface area contributed by atoms with Crippen LogP contribution in [0.2, 0.25) is 0 Å². The fourth-order valence-corrected chi connectivity index (χ4v) is 1.96. The van der Waals surface area contributed by atoms with Crippen molar-refractivity contribution in [1.82, 2.24) is 5.32 Å². The summed E-state index contributed by atoms with van der Waals surface area (Å²) in [6.07, 6.45) is 2.58. The molecule has 0 heterocycles. The lowest BCUT2D eigenvalue weighted by Gasteiger charge is -2.23. The Balaban J connectivity index is 2.50. The van der Waals surface area contributed by atoms with Crippen molar-refractivity contribution in [2.45, 2.75) is 45.6 Å². The summed E-state index contributed by atoms with van der Waals surface area (Å²) in [4.78, 5) is 0. The van der Waals surface area contributed by atoms with Gasteiger partial charge in [0.2, 0.25) is 0 Å². The van der Waals surface area contributed by atoms with Crippen LogP contribution in [0.5, 0.6) is 0 Å². The van der Waals surface area contributed by atoms with E-state index in [9.17, 15) is 5.11 Å². The number of benzene rings is 1. The molecule has 0 aromatic heterocycles. The molecule has 2 heteroatoms. The highest BCUT2D eigenvalue weighted by Gasteiger charge is 2.20. The van der Waals surface area contributed by atoms with Gasteiger partial charge in [-0.3, -0.25) is 0 Å². The van der Waals surface area contributed by atoms with Crippen LogP contribution in [-0.4, -0.2) is 23.8 Å². The maximum Gasteiger partial charge on any atom is 0.0672 e. The summed E-state index contributed by atoms with van der Waals surface area (Å²) in [6.45, 7) is 7.98. The summed E-state index contributed by atoms with van der Waals surface area (Å²) >= 11 is 0. The van der Waals surface area contributed by atoms with E-state index in [2.05, 4.69) is 43.4 Å². The van der Waals surface area contributed by atoms with Crippen molar-refractivity contribution >= 4 is 0 Å². The van der Waals surface area contributed by atoms with Gasteiger partial charge in [-0.2, -0.15) is 0 Å². The third-order valence-electron chi connectivity index (χ3n) is 3.11. The quantitative estimate of drug-likeness (QED) is 0.712. The second kappa shape index (κ2) is 6.77. The van der Waals surface area contributed by atoms with E-state index in [0.717, 1.165) is 32.4 Å². The molecule has 0 spiro atoms. The Morgan fingerprint density at radius 1 is 1.12 bits per heavy atom. The largest absolute Gasteiger partial charge is 0.390 e. The van der Waals surface area contributed by atoms with E-state index in [0.29, 0.717) is 0 Å². The van der Waals surface area contributed by atoms with Crippen molar-refractivity contribution < 1.29 is 5.11 Å². The summed E-state index contributed by atoms with van der Waals surface area (Å²) in [5, 5.41) is 13.5. The zero-order valence-corrected chi connectivity index (χ0v) is 11.3. The average molecular weight is 235 g/mol. The van der Waals surface area contributed by atoms with E-state index >= 15 is 0 Å². The summed E-state index contributed by atoms with van der Waals surface area (Å²) in [7, 11) is 0. The Kier molecular flexibility index (Phi) is 5.66. The third kappa shape index (κ3) is 5.33. The average Bonchev–Trinajstić information content (AvgIpc) is 2.30. The lowest BCUT2D eigenvalue weighted by atomic mass is 9.92. The molecular formula is C15H25NO. The van der Waals surface area contributed by atoms with Crippen molar-refractivity contribution in [2.75, 3.05) is 13.1 Å². The van der Waals surface area contributed by atoms with Gasteiger partial charge in [-0.25, -0.2) is 0 Å². The Morgan fingerprint density at radius 2 is 1.71 bits per heavy atom. The van der Waals surface area contributed by atoms with Crippen LogP contribution in [0.25, 0.3) is 0 Å². The Hall–Kier alpha value is -0.860. The van der Waals surface area contributed by atoms with Crippen molar-refractivity contribution in [3.63, 3.8) is 0 Å². The highest BCUT2D eigenvalue weighted by atomic mass is 16.3. The van der Waals surface area contributed by atoms with E-state index in [-0.39, 0.29) is 0 Å². The molecule has 1 aromatic carbocycles. The number of nitrogens with one attached hydrogen (secondary N) is 1. The first-order valence-electron chi connectivity index (χ1n) is 6.58. The molecule has 0 aliphatic heterocycles. The van der Waals surface area contributed by atoms with Gasteiger partial charge in [0.1, 0.15) is 0 Å². The second-order valence-corrected chi connectivity index (χ2v) is 4.95. The van der Waals surface area contributed by atoms with Crippen LogP contribution in [0.3, 0.4) is 0 Å². The van der Waals surface area contributed by atoms with Crippen LogP contribution in [0, 0.1) is 0 Å². The second-order valence-electron chi connectivity index (χ2n) is 4.95. The number of hydrogen-bond donors (Lipinski definition) is 2. The highest BCUT2D eigenvalue weighted by Crippen LogP contribution is 2.17. The molecule has 0 aliphatic rings. The van der Waals surface area contributed by atoms with Gasteiger partial charge in [0.25, 0.3) is 0 Å². The first kappa shape index (κ1) is 14.2. The molecule has 1 atom stereocenters. The van der Waals surface area contributed by atoms with Gasteiger partial charge >= 0.3 is 0 Å². The smallest absolute Gasteiger partial charge is 0.0672 e. The van der Waals surface area contributed by atoms with Crippen molar-refractivity contribution in [1.29, 1.82) is 0 Å². The zero-order chi connectivity index (χ0) is 12.7. The van der Waals surface area contributed by atoms with E-state index in [1.54, 1.807) is 0 Å². The van der Waals surface area contributed by atoms with Gasteiger partial charge < -0.3 is 10.4 Å². The van der Waals surface area contributed by atoms with Crippen LogP contribution in [0.15, 0.2) is 24.3 Å². The molecule has 1 unspecified atom stereocenters. The lowest BCUT2D eigenvalue weighted by molar-refractivity contribution is 0.0517. The van der Waals surface area contributed by atoms with Crippen LogP contribution < -0.4 is 5.32 Å². The van der Waals surface area contributed by atoms with Crippen molar-refractivity contribution in [3.05, 3.63) is 35.4 Å². The highest BCUT2D eigenvalue weighted by molar-refractivity contribution is 5.23. The minimum Gasteiger partial charge on any atom is -0.390 e. The van der Waals surface area contributed by atoms with E-state index in [1.165, 1.54) is 11.1 Å². The van der Waals surface area contributed by atoms with Gasteiger partial charge in [-0.1, -0.05) is 38.1 Å². The number of aryl methyl sites for hydroxylation is 1. The molecule has 96 valence electrons. The molecule has 17 heavy (non-hydrogen) atoms. The van der Waals surface area contributed by atoms with Crippen LogP contribution >= 0.6 is 0 Å². The van der Waals surface area contributed by atoms with Gasteiger partial charge in [0, 0.05) is 6.42 Å². The minimum atomic E-state index is -0.615. The summed E-state index contributed by atoms with van der Waals surface area (Å²) in [5.74, 6) is 0. The van der Waals surface area contributed by atoms with Gasteiger partial charge in [-0.15, -0.1) is 0 Å². The van der Waals surface area contributed by atoms with Crippen molar-refractivity contribution in [3.8, 4) is 0 Å². The Labute approximate surface area is 105 Å². The number of aliphatic hydroxyl groups is 1. The molecule has 0 saturated heterocycles. The van der Waals surface area contributed by atoms with E-state index < -0.39 is 5.60 Å². The molecule has 1 aromatic rings. The molecule has 0 radical (unpaired) electrons. The molecule has 2 N–H and O–H groups in total. The standard InChI is InChI=1S/C15H25NO/c1-4-13-6-8-14(9-7-13)12-15(3,17)10-11-16-5-2/h6-9,16-17H,4-5,10-12H2,1-3H3. The molecular weight excluding hydrogens is 210 g/mol. The van der Waals surface area contributed by atoms with Gasteiger partial charge in [-0.05, 0) is 44.0 Å². The maximum absolute atomic E-state index is 10.3. The fourth-order valence-electron chi connectivity index (χ4n) is 1.96. The third-order valence-corrected chi connectivity index (χ3v) is 3.11. The monoisotopic (exact) mass is 235 g/mol. The number of hydrogen-bond acceptors (Lipinski definition) is 2. The first-order chi connectivity index (χ1) is 8.07. The molecule has 0 aliphatic carbocycles. The number of rotatable bonds is 7. The summed E-state index contributed by atoms with van der Waals surface area (Å²) < 4.78 is 0. The van der Waals surface area contributed by atoms with Crippen LogP contribution in [-0.2, 0) is 12.8 Å². The SMILES string of the molecule is CCNCCC(C)(O)Cc1ccc(CC)cc1. The molecule has 2 nitrogen and oxygen atoms in total. The van der Waals surface area contributed by atoms with Gasteiger partial charge in [0.15, 0.2) is 0 Å². The topological polar surface area (TPSA) is 32.3 Å². The van der Waals surface area contributed by atoms with Crippen LogP contribution in [0.1, 0.15) is 38.3 Å². The molecule has 0 fully saturated rings.